The van der Waals surface area contributed by atoms with Crippen LogP contribution < -0.4 is 0 Å². The highest BCUT2D eigenvalue weighted by molar-refractivity contribution is 7.26. The number of furan rings is 1. The number of thiophene rings is 1. The number of hydrogen-bond acceptors (Lipinski definition) is 4. The Kier molecular flexibility index (Phi) is 4.83. The van der Waals surface area contributed by atoms with E-state index in [1.54, 1.807) is 11.3 Å². The van der Waals surface area contributed by atoms with Crippen LogP contribution in [0.4, 0.5) is 0 Å². The summed E-state index contributed by atoms with van der Waals surface area (Å²) >= 11 is 1.75. The number of rotatable bonds is 2. The summed E-state index contributed by atoms with van der Waals surface area (Å²) in [5, 5.41) is 10.9. The minimum Gasteiger partial charge on any atom is -0.456 e. The summed E-state index contributed by atoms with van der Waals surface area (Å²) in [7, 11) is 0. The lowest BCUT2D eigenvalue weighted by Crippen LogP contribution is -1.93. The SMILES string of the molecule is c1ccc(-c2nc(-c3ccc4c(c3)oc3cc5c(ccc6c7cccc8c9ccccc9n(c56)c87)cc34)nc3c2sc2ccccc23)cc1. The molecule has 12 rings (SSSR count). The number of fused-ring (bicyclic) bond motifs is 14. The van der Waals surface area contributed by atoms with E-state index < -0.39 is 0 Å². The van der Waals surface area contributed by atoms with E-state index in [0.29, 0.717) is 5.82 Å². The zero-order valence-corrected chi connectivity index (χ0v) is 26.8. The van der Waals surface area contributed by atoms with Crippen molar-refractivity contribution >= 4 is 102 Å². The van der Waals surface area contributed by atoms with Crippen molar-refractivity contribution in [2.45, 2.75) is 0 Å². The van der Waals surface area contributed by atoms with E-state index in [1.165, 1.54) is 53.6 Å². The maximum absolute atomic E-state index is 6.70. The summed E-state index contributed by atoms with van der Waals surface area (Å²) in [6.45, 7) is 0. The minimum absolute atomic E-state index is 0.696. The van der Waals surface area contributed by atoms with Gasteiger partial charge in [0.1, 0.15) is 11.2 Å². The normalized spacial score (nSPS) is 12.5. The van der Waals surface area contributed by atoms with Gasteiger partial charge in [-0.15, -0.1) is 11.3 Å². The smallest absolute Gasteiger partial charge is 0.160 e. The van der Waals surface area contributed by atoms with Gasteiger partial charge in [0, 0.05) is 58.9 Å². The van der Waals surface area contributed by atoms with Crippen molar-refractivity contribution < 1.29 is 4.42 Å². The highest BCUT2D eigenvalue weighted by Crippen LogP contribution is 2.44. The first-order valence-electron chi connectivity index (χ1n) is 16.5. The Bertz CT molecular complexity index is 3330. The molecule has 0 unspecified atom stereocenters. The van der Waals surface area contributed by atoms with Crippen LogP contribution in [0.5, 0.6) is 0 Å². The van der Waals surface area contributed by atoms with Crippen molar-refractivity contribution in [3.8, 4) is 22.6 Å². The van der Waals surface area contributed by atoms with Gasteiger partial charge >= 0.3 is 0 Å². The number of nitrogens with zero attached hydrogens (tertiary/aromatic N) is 3. The van der Waals surface area contributed by atoms with Crippen molar-refractivity contribution in [1.82, 2.24) is 14.4 Å². The minimum atomic E-state index is 0.696. The molecule has 0 saturated carbocycles. The Hall–Kier alpha value is -6.30. The predicted octanol–water partition coefficient (Wildman–Crippen LogP) is 12.4. The lowest BCUT2D eigenvalue weighted by Gasteiger charge is -2.07. The molecule has 49 heavy (non-hydrogen) atoms. The van der Waals surface area contributed by atoms with Crippen molar-refractivity contribution in [2.24, 2.45) is 0 Å². The Morgan fingerprint density at radius 1 is 0.490 bits per heavy atom. The van der Waals surface area contributed by atoms with Gasteiger partial charge < -0.3 is 8.82 Å². The van der Waals surface area contributed by atoms with Crippen LogP contribution in [0.25, 0.3) is 114 Å². The third-order valence-corrected chi connectivity index (χ3v) is 11.5. The van der Waals surface area contributed by atoms with Crippen molar-refractivity contribution in [3.63, 3.8) is 0 Å². The second-order valence-electron chi connectivity index (χ2n) is 12.9. The van der Waals surface area contributed by atoms with E-state index in [9.17, 15) is 0 Å². The van der Waals surface area contributed by atoms with Gasteiger partial charge in [-0.25, -0.2) is 9.97 Å². The molecular weight excluding hydrogens is 619 g/mol. The van der Waals surface area contributed by atoms with E-state index in [2.05, 4.69) is 138 Å². The van der Waals surface area contributed by atoms with Crippen LogP contribution in [0.3, 0.4) is 0 Å². The number of para-hydroxylation sites is 2. The molecule has 0 spiro atoms. The van der Waals surface area contributed by atoms with Gasteiger partial charge in [-0.2, -0.15) is 0 Å². The molecule has 0 radical (unpaired) electrons. The van der Waals surface area contributed by atoms with Crippen molar-refractivity contribution in [3.05, 3.63) is 140 Å². The van der Waals surface area contributed by atoms with Crippen LogP contribution in [0.1, 0.15) is 0 Å². The molecule has 5 aromatic heterocycles. The quantitative estimate of drug-likeness (QED) is 0.189. The maximum Gasteiger partial charge on any atom is 0.160 e. The third-order valence-electron chi connectivity index (χ3n) is 10.3. The molecule has 7 aromatic carbocycles. The molecule has 0 aliphatic rings. The summed E-state index contributed by atoms with van der Waals surface area (Å²) in [5.41, 5.74) is 9.41. The molecular formula is C44H23N3OS. The molecule has 0 atom stereocenters. The second-order valence-corrected chi connectivity index (χ2v) is 14.0. The van der Waals surface area contributed by atoms with Gasteiger partial charge in [0.2, 0.25) is 0 Å². The molecule has 0 amide bonds. The molecule has 0 aliphatic heterocycles. The maximum atomic E-state index is 6.70. The largest absolute Gasteiger partial charge is 0.456 e. The van der Waals surface area contributed by atoms with Crippen molar-refractivity contribution in [1.29, 1.82) is 0 Å². The molecule has 226 valence electrons. The van der Waals surface area contributed by atoms with Gasteiger partial charge in [-0.05, 0) is 41.8 Å². The molecule has 4 nitrogen and oxygen atoms in total. The molecule has 0 saturated heterocycles. The molecule has 0 N–H and O–H groups in total. The van der Waals surface area contributed by atoms with Crippen LogP contribution in [0.15, 0.2) is 144 Å². The fraction of sp³-hybridized carbons (Fsp3) is 0. The van der Waals surface area contributed by atoms with E-state index >= 15 is 0 Å². The fourth-order valence-electron chi connectivity index (χ4n) is 8.16. The summed E-state index contributed by atoms with van der Waals surface area (Å²) < 4.78 is 11.5. The zero-order valence-electron chi connectivity index (χ0n) is 25.9. The van der Waals surface area contributed by atoms with Gasteiger partial charge in [0.25, 0.3) is 0 Å². The molecule has 0 fully saturated rings. The van der Waals surface area contributed by atoms with E-state index in [1.807, 2.05) is 6.07 Å². The summed E-state index contributed by atoms with van der Waals surface area (Å²) in [5.74, 6) is 0.696. The lowest BCUT2D eigenvalue weighted by molar-refractivity contribution is 0.669. The topological polar surface area (TPSA) is 43.3 Å². The average molecular weight is 642 g/mol. The van der Waals surface area contributed by atoms with Gasteiger partial charge in [-0.3, -0.25) is 0 Å². The van der Waals surface area contributed by atoms with Gasteiger partial charge in [0.05, 0.1) is 32.5 Å². The van der Waals surface area contributed by atoms with E-state index in [4.69, 9.17) is 14.4 Å². The van der Waals surface area contributed by atoms with E-state index in [-0.39, 0.29) is 0 Å². The first-order chi connectivity index (χ1) is 24.3. The Morgan fingerprint density at radius 3 is 2.12 bits per heavy atom. The van der Waals surface area contributed by atoms with Gasteiger partial charge in [-0.1, -0.05) is 103 Å². The summed E-state index contributed by atoms with van der Waals surface area (Å²) in [6, 6.07) is 49.8. The fourth-order valence-corrected chi connectivity index (χ4v) is 9.31. The molecule has 0 bridgehead atoms. The number of benzene rings is 7. The standard InChI is InChI=1S/C44H23N3OS/c1-2-9-24(10-3-1)39-43-40(32-12-5-7-16-38(32)49-43)46-44(45-39)26-18-19-28-34-21-25-17-20-31-30-14-8-13-29-27-11-4-6-15-35(27)47(41(29)30)42(31)33(25)23-37(34)48-36(28)22-26/h1-23H. The lowest BCUT2D eigenvalue weighted by atomic mass is 10.0. The molecule has 0 aliphatic carbocycles. The Balaban J connectivity index is 1.11. The third kappa shape index (κ3) is 3.37. The van der Waals surface area contributed by atoms with Crippen LogP contribution in [0.2, 0.25) is 0 Å². The zero-order chi connectivity index (χ0) is 31.8. The Labute approximate surface area is 282 Å². The molecule has 12 aromatic rings. The average Bonchev–Trinajstić information content (AvgIpc) is 3.90. The summed E-state index contributed by atoms with van der Waals surface area (Å²) in [4.78, 5) is 10.4. The van der Waals surface area contributed by atoms with Crippen LogP contribution in [-0.2, 0) is 0 Å². The monoisotopic (exact) mass is 641 g/mol. The van der Waals surface area contributed by atoms with Crippen LogP contribution >= 0.6 is 11.3 Å². The number of hydrogen-bond donors (Lipinski definition) is 0. The predicted molar refractivity (Wildman–Crippen MR) is 205 cm³/mol. The first-order valence-corrected chi connectivity index (χ1v) is 17.3. The molecule has 5 heteroatoms. The first kappa shape index (κ1) is 25.7. The highest BCUT2D eigenvalue weighted by Gasteiger charge is 2.21. The Morgan fingerprint density at radius 2 is 1.20 bits per heavy atom. The molecule has 5 heterocycles. The van der Waals surface area contributed by atoms with Crippen LogP contribution in [0, 0.1) is 0 Å². The summed E-state index contributed by atoms with van der Waals surface area (Å²) in [6.07, 6.45) is 0. The van der Waals surface area contributed by atoms with Gasteiger partial charge in [0.15, 0.2) is 5.82 Å². The second kappa shape index (κ2) is 9.19. The number of aromatic nitrogens is 3. The van der Waals surface area contributed by atoms with E-state index in [0.717, 1.165) is 54.4 Å². The van der Waals surface area contributed by atoms with Crippen LogP contribution in [-0.4, -0.2) is 14.4 Å². The van der Waals surface area contributed by atoms with Crippen molar-refractivity contribution in [2.75, 3.05) is 0 Å². The highest BCUT2D eigenvalue weighted by atomic mass is 32.1.